The second-order valence-corrected chi connectivity index (χ2v) is 3.57. The van der Waals surface area contributed by atoms with Crippen molar-refractivity contribution < 1.29 is 5.11 Å². The fourth-order valence-electron chi connectivity index (χ4n) is 1.44. The van der Waals surface area contributed by atoms with Gasteiger partial charge in [-0.05, 0) is 37.9 Å². The zero-order valence-electron chi connectivity index (χ0n) is 8.87. The number of hydrogen-bond donors (Lipinski definition) is 2. The molecule has 1 heterocycles. The maximum atomic E-state index is 8.59. The summed E-state index contributed by atoms with van der Waals surface area (Å²) < 4.78 is 2.13. The predicted octanol–water partition coefficient (Wildman–Crippen LogP) is 1.28. The van der Waals surface area contributed by atoms with Crippen molar-refractivity contribution in [2.75, 3.05) is 13.2 Å². The van der Waals surface area contributed by atoms with Gasteiger partial charge in [-0.15, -0.1) is 0 Å². The molecule has 0 atom stereocenters. The molecule has 0 radical (unpaired) electrons. The topological polar surface area (TPSA) is 37.2 Å². The van der Waals surface area contributed by atoms with Gasteiger partial charge in [0.2, 0.25) is 0 Å². The molecule has 0 saturated heterocycles. The first-order valence-corrected chi connectivity index (χ1v) is 5.26. The van der Waals surface area contributed by atoms with E-state index in [2.05, 4.69) is 35.3 Å². The van der Waals surface area contributed by atoms with Crippen LogP contribution in [0, 0.1) is 0 Å². The number of aliphatic hydroxyl groups is 1. The normalized spacial score (nSPS) is 10.7. The highest BCUT2D eigenvalue weighted by Crippen LogP contribution is 1.99. The minimum atomic E-state index is 0.317. The van der Waals surface area contributed by atoms with Crippen molar-refractivity contribution in [1.82, 2.24) is 9.88 Å². The molecule has 0 aliphatic rings. The highest BCUT2D eigenvalue weighted by atomic mass is 16.2. The van der Waals surface area contributed by atoms with Crippen molar-refractivity contribution in [3.63, 3.8) is 0 Å². The lowest BCUT2D eigenvalue weighted by Crippen LogP contribution is -2.16. The lowest BCUT2D eigenvalue weighted by Gasteiger charge is -2.05. The molecule has 0 amide bonds. The molecule has 0 unspecified atom stereocenters. The maximum absolute atomic E-state index is 8.59. The van der Waals surface area contributed by atoms with Gasteiger partial charge in [0.25, 0.3) is 0 Å². The molecule has 2 N–H and O–H groups in total. The highest BCUT2D eigenvalue weighted by Gasteiger charge is 1.95. The van der Waals surface area contributed by atoms with Gasteiger partial charge >= 0.3 is 0 Å². The average molecular weight is 196 g/mol. The Balaban J connectivity index is 2.02. The van der Waals surface area contributed by atoms with Crippen molar-refractivity contribution in [3.8, 4) is 0 Å². The quantitative estimate of drug-likeness (QED) is 0.645. The monoisotopic (exact) mass is 196 g/mol. The lowest BCUT2D eigenvalue weighted by molar-refractivity contribution is 0.283. The first-order chi connectivity index (χ1) is 6.84. The van der Waals surface area contributed by atoms with E-state index in [1.807, 2.05) is 0 Å². The molecule has 1 aromatic rings. The molecule has 1 aromatic heterocycles. The number of nitrogens with zero attached hydrogens (tertiary/aromatic N) is 1. The van der Waals surface area contributed by atoms with Gasteiger partial charge in [-0.2, -0.15) is 0 Å². The Labute approximate surface area is 85.7 Å². The SMILES string of the molecule is Cn1cccc1CNCCCCCO. The molecule has 80 valence electrons. The van der Waals surface area contributed by atoms with Gasteiger partial charge < -0.3 is 15.0 Å². The molecular weight excluding hydrogens is 176 g/mol. The molecular formula is C11H20N2O. The van der Waals surface area contributed by atoms with Gasteiger partial charge in [0.05, 0.1) is 0 Å². The van der Waals surface area contributed by atoms with Crippen LogP contribution in [0.25, 0.3) is 0 Å². The minimum Gasteiger partial charge on any atom is -0.396 e. The zero-order valence-corrected chi connectivity index (χ0v) is 8.87. The largest absolute Gasteiger partial charge is 0.396 e. The second-order valence-electron chi connectivity index (χ2n) is 3.57. The summed E-state index contributed by atoms with van der Waals surface area (Å²) in [5.41, 5.74) is 1.31. The van der Waals surface area contributed by atoms with Crippen LogP contribution in [0.4, 0.5) is 0 Å². The Morgan fingerprint density at radius 2 is 2.21 bits per heavy atom. The van der Waals surface area contributed by atoms with E-state index in [0.717, 1.165) is 32.4 Å². The summed E-state index contributed by atoms with van der Waals surface area (Å²) in [6.07, 6.45) is 5.23. The third kappa shape index (κ3) is 3.94. The lowest BCUT2D eigenvalue weighted by atomic mass is 10.2. The molecule has 0 fully saturated rings. The number of hydrogen-bond acceptors (Lipinski definition) is 2. The predicted molar refractivity (Wildman–Crippen MR) is 58.1 cm³/mol. The standard InChI is InChI=1S/C11H20N2O/c1-13-8-5-6-11(13)10-12-7-3-2-4-9-14/h5-6,8,12,14H,2-4,7,9-10H2,1H3. The van der Waals surface area contributed by atoms with Gasteiger partial charge in [-0.25, -0.2) is 0 Å². The molecule has 0 bridgehead atoms. The van der Waals surface area contributed by atoms with Crippen LogP contribution >= 0.6 is 0 Å². The Bertz CT molecular complexity index is 245. The molecule has 0 aliphatic carbocycles. The van der Waals surface area contributed by atoms with Crippen molar-refractivity contribution in [2.45, 2.75) is 25.8 Å². The smallest absolute Gasteiger partial charge is 0.0431 e. The van der Waals surface area contributed by atoms with Gasteiger partial charge in [0.15, 0.2) is 0 Å². The van der Waals surface area contributed by atoms with E-state index in [-0.39, 0.29) is 0 Å². The van der Waals surface area contributed by atoms with E-state index in [4.69, 9.17) is 5.11 Å². The van der Waals surface area contributed by atoms with E-state index < -0.39 is 0 Å². The number of aryl methyl sites for hydroxylation is 1. The molecule has 0 aromatic carbocycles. The molecule has 0 aliphatic heterocycles. The fraction of sp³-hybridized carbons (Fsp3) is 0.636. The number of unbranched alkanes of at least 4 members (excludes halogenated alkanes) is 2. The van der Waals surface area contributed by atoms with E-state index in [1.54, 1.807) is 0 Å². The van der Waals surface area contributed by atoms with Crippen LogP contribution in [0.2, 0.25) is 0 Å². The minimum absolute atomic E-state index is 0.317. The Morgan fingerprint density at radius 1 is 1.36 bits per heavy atom. The Hall–Kier alpha value is -0.800. The van der Waals surface area contributed by atoms with Crippen molar-refractivity contribution in [2.24, 2.45) is 7.05 Å². The molecule has 1 rings (SSSR count). The van der Waals surface area contributed by atoms with E-state index in [1.165, 1.54) is 5.69 Å². The molecule has 3 nitrogen and oxygen atoms in total. The Kier molecular flexibility index (Phi) is 5.33. The Morgan fingerprint density at radius 3 is 2.86 bits per heavy atom. The number of aromatic nitrogens is 1. The van der Waals surface area contributed by atoms with E-state index in [0.29, 0.717) is 6.61 Å². The zero-order chi connectivity index (χ0) is 10.2. The summed E-state index contributed by atoms with van der Waals surface area (Å²) in [4.78, 5) is 0. The van der Waals surface area contributed by atoms with Gasteiger partial charge in [-0.3, -0.25) is 0 Å². The summed E-state index contributed by atoms with van der Waals surface area (Å²) in [6.45, 7) is 2.28. The number of nitrogens with one attached hydrogen (secondary N) is 1. The maximum Gasteiger partial charge on any atom is 0.0431 e. The summed E-state index contributed by atoms with van der Waals surface area (Å²) in [5.74, 6) is 0. The molecule has 3 heteroatoms. The van der Waals surface area contributed by atoms with Gasteiger partial charge in [-0.1, -0.05) is 0 Å². The average Bonchev–Trinajstić information content (AvgIpc) is 2.58. The van der Waals surface area contributed by atoms with Crippen LogP contribution in [0.3, 0.4) is 0 Å². The molecule has 0 spiro atoms. The fourth-order valence-corrected chi connectivity index (χ4v) is 1.44. The van der Waals surface area contributed by atoms with Crippen LogP contribution in [0.1, 0.15) is 25.0 Å². The second kappa shape index (κ2) is 6.62. The summed E-state index contributed by atoms with van der Waals surface area (Å²) in [5, 5.41) is 12.0. The van der Waals surface area contributed by atoms with Crippen LogP contribution < -0.4 is 5.32 Å². The highest BCUT2D eigenvalue weighted by molar-refractivity contribution is 5.05. The third-order valence-corrected chi connectivity index (χ3v) is 2.37. The van der Waals surface area contributed by atoms with Crippen molar-refractivity contribution >= 4 is 0 Å². The van der Waals surface area contributed by atoms with Gasteiger partial charge in [0.1, 0.15) is 0 Å². The molecule has 0 saturated carbocycles. The third-order valence-electron chi connectivity index (χ3n) is 2.37. The van der Waals surface area contributed by atoms with Gasteiger partial charge in [0, 0.05) is 32.1 Å². The number of rotatable bonds is 7. The van der Waals surface area contributed by atoms with Crippen LogP contribution in [-0.4, -0.2) is 22.8 Å². The van der Waals surface area contributed by atoms with Crippen LogP contribution in [-0.2, 0) is 13.6 Å². The van der Waals surface area contributed by atoms with Crippen molar-refractivity contribution in [1.29, 1.82) is 0 Å². The van der Waals surface area contributed by atoms with E-state index >= 15 is 0 Å². The summed E-state index contributed by atoms with van der Waals surface area (Å²) in [6, 6.07) is 4.18. The van der Waals surface area contributed by atoms with E-state index in [9.17, 15) is 0 Å². The first kappa shape index (κ1) is 11.3. The summed E-state index contributed by atoms with van der Waals surface area (Å²) in [7, 11) is 2.06. The molecule has 14 heavy (non-hydrogen) atoms. The number of aliphatic hydroxyl groups excluding tert-OH is 1. The van der Waals surface area contributed by atoms with Crippen LogP contribution in [0.5, 0.6) is 0 Å². The van der Waals surface area contributed by atoms with Crippen LogP contribution in [0.15, 0.2) is 18.3 Å². The first-order valence-electron chi connectivity index (χ1n) is 5.26. The van der Waals surface area contributed by atoms with Crippen molar-refractivity contribution in [3.05, 3.63) is 24.0 Å². The summed E-state index contributed by atoms with van der Waals surface area (Å²) >= 11 is 0.